The number of nitrogens with zero attached hydrogens (tertiary/aromatic N) is 4. The first kappa shape index (κ1) is 36.9. The molecule has 9 nitrogen and oxygen atoms in total. The highest BCUT2D eigenvalue weighted by molar-refractivity contribution is 6.76. The van der Waals surface area contributed by atoms with E-state index in [0.717, 1.165) is 40.7 Å². The van der Waals surface area contributed by atoms with Crippen LogP contribution in [0.4, 0.5) is 0 Å². The lowest BCUT2D eigenvalue weighted by atomic mass is 10.2. The van der Waals surface area contributed by atoms with Crippen LogP contribution in [-0.2, 0) is 34.3 Å². The Kier molecular flexibility index (Phi) is 13.9. The zero-order valence-corrected chi connectivity index (χ0v) is 29.1. The van der Waals surface area contributed by atoms with E-state index in [1.807, 2.05) is 16.7 Å². The van der Waals surface area contributed by atoms with Crippen molar-refractivity contribution in [2.24, 2.45) is 0 Å². The minimum atomic E-state index is -1.11. The van der Waals surface area contributed by atoms with E-state index in [1.165, 1.54) is 13.3 Å². The third-order valence-electron chi connectivity index (χ3n) is 6.46. The monoisotopic (exact) mass is 668 g/mol. The molecule has 238 valence electrons. The van der Waals surface area contributed by atoms with E-state index in [2.05, 4.69) is 49.3 Å². The first-order chi connectivity index (χ1) is 19.7. The molecule has 4 aromatic rings. The first-order valence-corrected chi connectivity index (χ1v) is 22.0. The minimum Gasteiger partial charge on any atom is -0.465 e. The molecule has 13 heteroatoms. The normalized spacial score (nSPS) is 11.8. The minimum absolute atomic E-state index is 0. The summed E-state index contributed by atoms with van der Waals surface area (Å²) in [5.74, 6) is -0.412. The van der Waals surface area contributed by atoms with Crippen LogP contribution < -0.4 is 0 Å². The third-order valence-corrected chi connectivity index (χ3v) is 10.5. The molecule has 0 bridgehead atoms. The van der Waals surface area contributed by atoms with Gasteiger partial charge in [0.25, 0.3) is 0 Å². The molecule has 0 spiro atoms. The van der Waals surface area contributed by atoms with Crippen LogP contribution in [0.5, 0.6) is 0 Å². The summed E-state index contributed by atoms with van der Waals surface area (Å²) < 4.78 is 19.8. The molecular formula is C30H46Cl2N4O5Si2. The van der Waals surface area contributed by atoms with Gasteiger partial charge in [-0.15, -0.1) is 0 Å². The van der Waals surface area contributed by atoms with Crippen LogP contribution in [-0.4, -0.2) is 66.6 Å². The fraction of sp³-hybridized carbons (Fsp3) is 0.500. The molecule has 4 aromatic heterocycles. The Balaban J connectivity index is 0.000000295. The van der Waals surface area contributed by atoms with Gasteiger partial charge < -0.3 is 19.3 Å². The molecule has 0 aliphatic rings. The smallest absolute Gasteiger partial charge is 0.339 e. The van der Waals surface area contributed by atoms with Crippen molar-refractivity contribution < 1.29 is 24.1 Å². The van der Waals surface area contributed by atoms with Gasteiger partial charge in [-0.1, -0.05) is 69.9 Å². The molecule has 0 atom stereocenters. The molecule has 0 radical (unpaired) electrons. The number of carbonyl (C=O) groups is 1. The summed E-state index contributed by atoms with van der Waals surface area (Å²) in [6.07, 6.45) is 3.15. The fourth-order valence-corrected chi connectivity index (χ4v) is 5.91. The number of esters is 1. The number of pyridine rings is 2. The van der Waals surface area contributed by atoms with Crippen LogP contribution in [0.3, 0.4) is 0 Å². The number of carbonyl (C=O) groups excluding carboxylic acids is 1. The fourth-order valence-electron chi connectivity index (χ4n) is 3.90. The predicted molar refractivity (Wildman–Crippen MR) is 182 cm³/mol. The molecule has 0 aromatic carbocycles. The lowest BCUT2D eigenvalue weighted by Gasteiger charge is -2.16. The molecule has 4 rings (SSSR count). The van der Waals surface area contributed by atoms with Crippen molar-refractivity contribution >= 4 is 67.4 Å². The van der Waals surface area contributed by atoms with Crippen LogP contribution >= 0.6 is 23.2 Å². The van der Waals surface area contributed by atoms with E-state index in [1.54, 1.807) is 22.9 Å². The molecule has 0 fully saturated rings. The number of aliphatic hydroxyl groups excluding tert-OH is 1. The van der Waals surface area contributed by atoms with Crippen molar-refractivity contribution in [3.05, 3.63) is 58.1 Å². The van der Waals surface area contributed by atoms with Crippen molar-refractivity contribution in [3.63, 3.8) is 0 Å². The summed E-state index contributed by atoms with van der Waals surface area (Å²) in [6.45, 7) is 16.1. The number of fused-ring (bicyclic) bond motifs is 2. The van der Waals surface area contributed by atoms with Gasteiger partial charge in [-0.05, 0) is 41.9 Å². The van der Waals surface area contributed by atoms with Crippen LogP contribution in [0.2, 0.25) is 61.7 Å². The molecule has 0 saturated carbocycles. The highest BCUT2D eigenvalue weighted by atomic mass is 35.5. The van der Waals surface area contributed by atoms with Crippen LogP contribution in [0, 0.1) is 0 Å². The number of aliphatic hydroxyl groups is 1. The summed E-state index contributed by atoms with van der Waals surface area (Å²) in [7, 11) is -0.830. The average molecular weight is 670 g/mol. The quantitative estimate of drug-likeness (QED) is 0.0929. The third kappa shape index (κ3) is 11.0. The Bertz CT molecular complexity index is 1500. The summed E-state index contributed by atoms with van der Waals surface area (Å²) in [5.41, 5.74) is 2.68. The van der Waals surface area contributed by atoms with Crippen LogP contribution in [0.25, 0.3) is 22.1 Å². The summed E-state index contributed by atoms with van der Waals surface area (Å²) in [5, 5.41) is 12.0. The number of methoxy groups -OCH3 is 1. The second kappa shape index (κ2) is 16.2. The Morgan fingerprint density at radius 1 is 0.814 bits per heavy atom. The summed E-state index contributed by atoms with van der Waals surface area (Å²) >= 11 is 12.5. The zero-order valence-electron chi connectivity index (χ0n) is 25.5. The van der Waals surface area contributed by atoms with Gasteiger partial charge in [0.1, 0.15) is 35.1 Å². The Morgan fingerprint density at radius 3 is 1.72 bits per heavy atom. The number of rotatable bonds is 12. The standard InChI is InChI=1S/C15H21ClN2O3Si.C14H21ClN2O2Si.CH4/c1-20-15(19)12-7-11-8-13(16)18(14(11)17-9-12)10-21-5-6-22(2,3)4;1-20(2,3)5-4-19-10-17-13(15)7-12-6-11(9-18)8-16-14(12)17;/h7-9H,5-6,10H2,1-4H3;6-8,18H,4-5,9-10H2,1-3H3;1H4. The number of ether oxygens (including phenoxy) is 3. The molecule has 0 aliphatic carbocycles. The summed E-state index contributed by atoms with van der Waals surface area (Å²) in [4.78, 5) is 20.2. The van der Waals surface area contributed by atoms with E-state index < -0.39 is 22.1 Å². The molecule has 1 N–H and O–H groups in total. The lowest BCUT2D eigenvalue weighted by Crippen LogP contribution is -2.22. The molecular weight excluding hydrogens is 623 g/mol. The zero-order chi connectivity index (χ0) is 31.1. The first-order valence-electron chi connectivity index (χ1n) is 13.9. The Hall–Kier alpha value is -2.26. The van der Waals surface area contributed by atoms with E-state index in [0.29, 0.717) is 41.6 Å². The number of halogens is 2. The van der Waals surface area contributed by atoms with Gasteiger partial charge in [0, 0.05) is 52.5 Å². The molecule has 0 unspecified atom stereocenters. The van der Waals surface area contributed by atoms with E-state index in [-0.39, 0.29) is 14.0 Å². The molecule has 0 amide bonds. The maximum Gasteiger partial charge on any atom is 0.339 e. The SMILES string of the molecule is C.COC(=O)c1cnc2c(c1)cc(Cl)n2COCC[Si](C)(C)C.C[Si](C)(C)CCOCn1c(Cl)cc2cc(CO)cnc21. The van der Waals surface area contributed by atoms with E-state index in [9.17, 15) is 4.79 Å². The predicted octanol–water partition coefficient (Wildman–Crippen LogP) is 7.92. The molecule has 0 aliphatic heterocycles. The lowest BCUT2D eigenvalue weighted by molar-refractivity contribution is 0.0600. The number of hydrogen-bond acceptors (Lipinski definition) is 7. The van der Waals surface area contributed by atoms with Gasteiger partial charge in [0.15, 0.2) is 0 Å². The van der Waals surface area contributed by atoms with E-state index in [4.69, 9.17) is 42.5 Å². The van der Waals surface area contributed by atoms with Gasteiger partial charge in [0.05, 0.1) is 19.3 Å². The van der Waals surface area contributed by atoms with Crippen molar-refractivity contribution in [2.45, 2.75) is 78.9 Å². The maximum absolute atomic E-state index is 11.5. The van der Waals surface area contributed by atoms with Gasteiger partial charge in [0.2, 0.25) is 0 Å². The van der Waals surface area contributed by atoms with Crippen molar-refractivity contribution in [1.82, 2.24) is 19.1 Å². The molecule has 4 heterocycles. The molecule has 43 heavy (non-hydrogen) atoms. The topological polar surface area (TPSA) is 101 Å². The Labute approximate surface area is 267 Å². The second-order valence-electron chi connectivity index (χ2n) is 12.5. The summed E-state index contributed by atoms with van der Waals surface area (Å²) in [6, 6.07) is 9.48. The van der Waals surface area contributed by atoms with Gasteiger partial charge in [-0.25, -0.2) is 14.8 Å². The van der Waals surface area contributed by atoms with Gasteiger partial charge >= 0.3 is 5.97 Å². The van der Waals surface area contributed by atoms with Crippen LogP contribution in [0.15, 0.2) is 36.7 Å². The highest BCUT2D eigenvalue weighted by Crippen LogP contribution is 2.24. The van der Waals surface area contributed by atoms with Gasteiger partial charge in [-0.2, -0.15) is 0 Å². The van der Waals surface area contributed by atoms with Crippen molar-refractivity contribution in [3.8, 4) is 0 Å². The van der Waals surface area contributed by atoms with Crippen molar-refractivity contribution in [2.75, 3.05) is 20.3 Å². The maximum atomic E-state index is 11.5. The van der Waals surface area contributed by atoms with Crippen LogP contribution in [0.1, 0.15) is 23.3 Å². The highest BCUT2D eigenvalue weighted by Gasteiger charge is 2.16. The van der Waals surface area contributed by atoms with Gasteiger partial charge in [-0.3, -0.25) is 9.13 Å². The van der Waals surface area contributed by atoms with Crippen molar-refractivity contribution in [1.29, 1.82) is 0 Å². The largest absolute Gasteiger partial charge is 0.465 e. The number of hydrogen-bond donors (Lipinski definition) is 1. The second-order valence-corrected chi connectivity index (χ2v) is 24.5. The van der Waals surface area contributed by atoms with E-state index >= 15 is 0 Å². The Morgan fingerprint density at radius 2 is 1.28 bits per heavy atom. The molecule has 0 saturated heterocycles. The number of aromatic nitrogens is 4. The average Bonchev–Trinajstić information content (AvgIpc) is 3.41.